The molecule has 5 heteroatoms. The predicted molar refractivity (Wildman–Crippen MR) is 90.3 cm³/mol. The van der Waals surface area contributed by atoms with Gasteiger partial charge in [0.05, 0.1) is 0 Å². The number of hydrogen-bond donors (Lipinski definition) is 0. The number of aldehydes is 1. The molecule has 0 atom stereocenters. The Morgan fingerprint density at radius 2 is 2.00 bits per heavy atom. The summed E-state index contributed by atoms with van der Waals surface area (Å²) in [7, 11) is 0. The lowest BCUT2D eigenvalue weighted by atomic mass is 9.90. The molecule has 1 saturated carbocycles. The fraction of sp³-hybridized carbons (Fsp3) is 0.389. The second-order valence-corrected chi connectivity index (χ2v) is 7.55. The van der Waals surface area contributed by atoms with Gasteiger partial charge in [-0.15, -0.1) is 0 Å². The number of nitrogens with zero attached hydrogens (tertiary/aromatic N) is 3. The standard InChI is InChI=1S/C18H17N3OS/c22-10-15-16(14-8-5-11-3-1-2-4-13(11)9-14)19-18-21(15)20-17(23-18)12-6-7-12/h5,8-10,12H,1-4,6-7H2. The van der Waals surface area contributed by atoms with E-state index in [4.69, 9.17) is 4.98 Å². The maximum absolute atomic E-state index is 11.7. The summed E-state index contributed by atoms with van der Waals surface area (Å²) in [6.07, 6.45) is 8.15. The van der Waals surface area contributed by atoms with Gasteiger partial charge >= 0.3 is 0 Å². The van der Waals surface area contributed by atoms with Crippen molar-refractivity contribution in [3.8, 4) is 11.3 Å². The van der Waals surface area contributed by atoms with E-state index >= 15 is 0 Å². The highest BCUT2D eigenvalue weighted by Crippen LogP contribution is 2.42. The van der Waals surface area contributed by atoms with Crippen LogP contribution in [-0.2, 0) is 12.8 Å². The number of benzene rings is 1. The van der Waals surface area contributed by atoms with Gasteiger partial charge < -0.3 is 0 Å². The second-order valence-electron chi connectivity index (χ2n) is 6.56. The van der Waals surface area contributed by atoms with Crippen molar-refractivity contribution in [1.82, 2.24) is 14.6 Å². The minimum Gasteiger partial charge on any atom is -0.296 e. The zero-order valence-electron chi connectivity index (χ0n) is 12.8. The molecule has 2 aliphatic carbocycles. The van der Waals surface area contributed by atoms with E-state index in [0.29, 0.717) is 11.6 Å². The molecule has 1 fully saturated rings. The summed E-state index contributed by atoms with van der Waals surface area (Å²) in [4.78, 5) is 17.2. The van der Waals surface area contributed by atoms with Gasteiger partial charge in [-0.2, -0.15) is 9.61 Å². The third-order valence-electron chi connectivity index (χ3n) is 4.91. The molecule has 0 radical (unpaired) electrons. The van der Waals surface area contributed by atoms with Crippen molar-refractivity contribution >= 4 is 22.6 Å². The zero-order valence-corrected chi connectivity index (χ0v) is 13.6. The SMILES string of the molecule is O=Cc1c(-c2ccc3c(c2)CCCC3)nc2sc(C3CC3)nn12. The summed E-state index contributed by atoms with van der Waals surface area (Å²) in [6.45, 7) is 0. The molecule has 0 saturated heterocycles. The van der Waals surface area contributed by atoms with E-state index in [0.717, 1.165) is 33.9 Å². The highest BCUT2D eigenvalue weighted by Gasteiger charge is 2.29. The molecular formula is C18H17N3OS. The van der Waals surface area contributed by atoms with Crippen LogP contribution in [-0.4, -0.2) is 20.9 Å². The number of aryl methyl sites for hydroxylation is 2. The van der Waals surface area contributed by atoms with Gasteiger partial charge in [-0.1, -0.05) is 23.5 Å². The molecule has 1 aromatic carbocycles. The van der Waals surface area contributed by atoms with E-state index in [-0.39, 0.29) is 0 Å². The third-order valence-corrected chi connectivity index (χ3v) is 5.98. The van der Waals surface area contributed by atoms with Crippen molar-refractivity contribution in [2.75, 3.05) is 0 Å². The Morgan fingerprint density at radius 3 is 2.78 bits per heavy atom. The van der Waals surface area contributed by atoms with Crippen LogP contribution in [0.25, 0.3) is 16.2 Å². The van der Waals surface area contributed by atoms with E-state index in [1.54, 1.807) is 15.9 Å². The predicted octanol–water partition coefficient (Wildman–Crippen LogP) is 4.03. The molecule has 0 bridgehead atoms. The van der Waals surface area contributed by atoms with Crippen LogP contribution in [0.5, 0.6) is 0 Å². The Labute approximate surface area is 138 Å². The maximum atomic E-state index is 11.7. The van der Waals surface area contributed by atoms with Gasteiger partial charge in [0.15, 0.2) is 6.29 Å². The first-order valence-electron chi connectivity index (χ1n) is 8.30. The van der Waals surface area contributed by atoms with Crippen LogP contribution in [0.15, 0.2) is 18.2 Å². The minimum absolute atomic E-state index is 0.582. The van der Waals surface area contributed by atoms with Gasteiger partial charge in [-0.3, -0.25) is 4.79 Å². The van der Waals surface area contributed by atoms with Crippen molar-refractivity contribution < 1.29 is 4.79 Å². The van der Waals surface area contributed by atoms with Crippen LogP contribution >= 0.6 is 11.3 Å². The summed E-state index contributed by atoms with van der Waals surface area (Å²) in [5, 5.41) is 5.74. The lowest BCUT2D eigenvalue weighted by Crippen LogP contribution is -2.02. The summed E-state index contributed by atoms with van der Waals surface area (Å²) in [5.41, 5.74) is 5.25. The lowest BCUT2D eigenvalue weighted by molar-refractivity contribution is 0.111. The van der Waals surface area contributed by atoms with Crippen molar-refractivity contribution in [3.05, 3.63) is 40.0 Å². The van der Waals surface area contributed by atoms with Gasteiger partial charge in [0.1, 0.15) is 16.4 Å². The quantitative estimate of drug-likeness (QED) is 0.684. The first-order valence-corrected chi connectivity index (χ1v) is 9.12. The molecule has 0 amide bonds. The summed E-state index contributed by atoms with van der Waals surface area (Å²) >= 11 is 1.62. The van der Waals surface area contributed by atoms with Crippen LogP contribution in [0.1, 0.15) is 58.2 Å². The molecule has 0 N–H and O–H groups in total. The van der Waals surface area contributed by atoms with E-state index < -0.39 is 0 Å². The Balaban J connectivity index is 1.64. The Bertz CT molecular complexity index is 920. The summed E-state index contributed by atoms with van der Waals surface area (Å²) < 4.78 is 1.74. The van der Waals surface area contributed by atoms with Gasteiger partial charge in [-0.05, 0) is 55.7 Å². The molecule has 4 nitrogen and oxygen atoms in total. The Morgan fingerprint density at radius 1 is 1.17 bits per heavy atom. The van der Waals surface area contributed by atoms with E-state index in [1.165, 1.54) is 43.2 Å². The average molecular weight is 323 g/mol. The average Bonchev–Trinajstić information content (AvgIpc) is 3.26. The molecule has 2 heterocycles. The number of hydrogen-bond acceptors (Lipinski definition) is 4. The fourth-order valence-corrected chi connectivity index (χ4v) is 4.55. The van der Waals surface area contributed by atoms with Crippen LogP contribution in [0, 0.1) is 0 Å². The van der Waals surface area contributed by atoms with E-state index in [9.17, 15) is 4.79 Å². The third kappa shape index (κ3) is 2.14. The van der Waals surface area contributed by atoms with Crippen LogP contribution in [0.3, 0.4) is 0 Å². The molecular weight excluding hydrogens is 306 g/mol. The molecule has 5 rings (SSSR count). The second kappa shape index (κ2) is 4.99. The molecule has 23 heavy (non-hydrogen) atoms. The molecule has 2 aromatic heterocycles. The van der Waals surface area contributed by atoms with Crippen LogP contribution in [0.4, 0.5) is 0 Å². The number of aromatic nitrogens is 3. The fourth-order valence-electron chi connectivity index (χ4n) is 3.47. The van der Waals surface area contributed by atoms with Crippen LogP contribution in [0.2, 0.25) is 0 Å². The lowest BCUT2D eigenvalue weighted by Gasteiger charge is -2.16. The first kappa shape index (κ1) is 13.4. The van der Waals surface area contributed by atoms with Crippen LogP contribution < -0.4 is 0 Å². The Hall–Kier alpha value is -2.01. The Kier molecular flexibility index (Phi) is 2.92. The number of carbonyl (C=O) groups is 1. The molecule has 0 unspecified atom stereocenters. The highest BCUT2D eigenvalue weighted by atomic mass is 32.1. The van der Waals surface area contributed by atoms with Crippen molar-refractivity contribution in [1.29, 1.82) is 0 Å². The monoisotopic (exact) mass is 323 g/mol. The summed E-state index contributed by atoms with van der Waals surface area (Å²) in [6, 6.07) is 6.52. The van der Waals surface area contributed by atoms with E-state index in [2.05, 4.69) is 23.3 Å². The van der Waals surface area contributed by atoms with Crippen molar-refractivity contribution in [2.45, 2.75) is 44.4 Å². The molecule has 2 aliphatic rings. The van der Waals surface area contributed by atoms with Crippen molar-refractivity contribution in [2.24, 2.45) is 0 Å². The number of imidazole rings is 1. The first-order chi connectivity index (χ1) is 11.3. The van der Waals surface area contributed by atoms with Gasteiger partial charge in [0.2, 0.25) is 4.96 Å². The van der Waals surface area contributed by atoms with Gasteiger partial charge in [0.25, 0.3) is 0 Å². The molecule has 0 spiro atoms. The smallest absolute Gasteiger partial charge is 0.213 e. The van der Waals surface area contributed by atoms with E-state index in [1.807, 2.05) is 0 Å². The highest BCUT2D eigenvalue weighted by molar-refractivity contribution is 7.16. The number of carbonyl (C=O) groups excluding carboxylic acids is 1. The number of fused-ring (bicyclic) bond motifs is 2. The molecule has 0 aliphatic heterocycles. The summed E-state index contributed by atoms with van der Waals surface area (Å²) in [5.74, 6) is 0.591. The topological polar surface area (TPSA) is 47.3 Å². The minimum atomic E-state index is 0.582. The zero-order chi connectivity index (χ0) is 15.4. The number of rotatable bonds is 3. The van der Waals surface area contributed by atoms with Gasteiger partial charge in [0, 0.05) is 11.5 Å². The molecule has 3 aromatic rings. The molecule has 116 valence electrons. The van der Waals surface area contributed by atoms with Crippen molar-refractivity contribution in [3.63, 3.8) is 0 Å². The maximum Gasteiger partial charge on any atom is 0.213 e. The normalized spacial score (nSPS) is 17.4. The van der Waals surface area contributed by atoms with Gasteiger partial charge in [-0.25, -0.2) is 4.98 Å². The largest absolute Gasteiger partial charge is 0.296 e.